The van der Waals surface area contributed by atoms with Crippen molar-refractivity contribution in [1.82, 2.24) is 0 Å². The summed E-state index contributed by atoms with van der Waals surface area (Å²) in [6.45, 7) is 0. The van der Waals surface area contributed by atoms with Crippen molar-refractivity contribution in [3.63, 3.8) is 0 Å². The van der Waals surface area contributed by atoms with E-state index in [4.69, 9.17) is 11.6 Å². The second kappa shape index (κ2) is 2.85. The minimum absolute atomic E-state index is 0.861. The summed E-state index contributed by atoms with van der Waals surface area (Å²) in [6, 6.07) is 1.96. The lowest BCUT2D eigenvalue weighted by Crippen LogP contribution is -1.62. The Kier molecular flexibility index (Phi) is 2.35. The van der Waals surface area contributed by atoms with Crippen LogP contribution < -0.4 is 0 Å². The number of hydrogen-bond donors (Lipinski definition) is 0. The zero-order chi connectivity index (χ0) is 5.98. The van der Waals surface area contributed by atoms with Crippen molar-refractivity contribution < 1.29 is 0 Å². The van der Waals surface area contributed by atoms with E-state index in [-0.39, 0.29) is 0 Å². The fraction of sp³-hybridized carbons (Fsp3) is 0.200. The summed E-state index contributed by atoms with van der Waals surface area (Å²) in [5.74, 6) is 0. The highest BCUT2D eigenvalue weighted by Gasteiger charge is 1.92. The highest BCUT2D eigenvalue weighted by molar-refractivity contribution is 9.08. The van der Waals surface area contributed by atoms with Crippen LogP contribution in [0.5, 0.6) is 0 Å². The van der Waals surface area contributed by atoms with Gasteiger partial charge < -0.3 is 0 Å². The summed E-state index contributed by atoms with van der Waals surface area (Å²) in [5, 5.41) is 2.94. The van der Waals surface area contributed by atoms with E-state index in [1.165, 1.54) is 5.56 Å². The standard InChI is InChI=1S/C5H4BrClS/c6-2-4-1-5(7)8-3-4/h1,3H,2H2. The molecule has 0 amide bonds. The van der Waals surface area contributed by atoms with E-state index in [1.54, 1.807) is 11.3 Å². The molecule has 0 atom stereocenters. The molecule has 0 nitrogen and oxygen atoms in total. The van der Waals surface area contributed by atoms with Crippen LogP contribution in [0.2, 0.25) is 4.34 Å². The third-order valence-electron chi connectivity index (χ3n) is 0.776. The monoisotopic (exact) mass is 210 g/mol. The van der Waals surface area contributed by atoms with Crippen LogP contribution in [0, 0.1) is 0 Å². The summed E-state index contributed by atoms with van der Waals surface area (Å²) in [5.41, 5.74) is 1.25. The van der Waals surface area contributed by atoms with Gasteiger partial charge in [-0.1, -0.05) is 27.5 Å². The van der Waals surface area contributed by atoms with Gasteiger partial charge in [-0.25, -0.2) is 0 Å². The molecule has 1 aromatic rings. The zero-order valence-corrected chi connectivity index (χ0v) is 7.18. The molecular formula is C5H4BrClS. The molecular weight excluding hydrogens is 207 g/mol. The van der Waals surface area contributed by atoms with Gasteiger partial charge >= 0.3 is 0 Å². The first-order valence-corrected chi connectivity index (χ1v) is 4.49. The van der Waals surface area contributed by atoms with Crippen LogP contribution in [0.1, 0.15) is 5.56 Å². The molecule has 1 heterocycles. The van der Waals surface area contributed by atoms with Crippen LogP contribution in [-0.2, 0) is 5.33 Å². The first kappa shape index (κ1) is 6.59. The van der Waals surface area contributed by atoms with Crippen molar-refractivity contribution >= 4 is 38.9 Å². The lowest BCUT2D eigenvalue weighted by molar-refractivity contribution is 1.51. The zero-order valence-electron chi connectivity index (χ0n) is 4.03. The Balaban J connectivity index is 2.84. The molecule has 1 rings (SSSR count). The smallest absolute Gasteiger partial charge is 0.0931 e. The van der Waals surface area contributed by atoms with Gasteiger partial charge in [0.15, 0.2) is 0 Å². The van der Waals surface area contributed by atoms with Crippen molar-refractivity contribution in [2.75, 3.05) is 0 Å². The predicted molar refractivity (Wildman–Crippen MR) is 42.0 cm³/mol. The molecule has 0 aliphatic rings. The Morgan fingerprint density at radius 2 is 2.50 bits per heavy atom. The van der Waals surface area contributed by atoms with Crippen molar-refractivity contribution in [3.8, 4) is 0 Å². The van der Waals surface area contributed by atoms with Crippen LogP contribution >= 0.6 is 38.9 Å². The first-order chi connectivity index (χ1) is 3.83. The molecule has 0 saturated heterocycles. The molecule has 3 heteroatoms. The van der Waals surface area contributed by atoms with Gasteiger partial charge in [0.05, 0.1) is 4.34 Å². The lowest BCUT2D eigenvalue weighted by Gasteiger charge is -1.77. The molecule has 0 aliphatic heterocycles. The molecule has 0 spiro atoms. The van der Waals surface area contributed by atoms with Gasteiger partial charge in [0.2, 0.25) is 0 Å². The number of thiophene rings is 1. The van der Waals surface area contributed by atoms with Crippen LogP contribution in [0.25, 0.3) is 0 Å². The average molecular weight is 212 g/mol. The number of rotatable bonds is 1. The molecule has 0 radical (unpaired) electrons. The number of hydrogen-bond acceptors (Lipinski definition) is 1. The molecule has 0 aliphatic carbocycles. The molecule has 1 aromatic heterocycles. The second-order valence-corrected chi connectivity index (χ2v) is 3.50. The van der Waals surface area contributed by atoms with E-state index < -0.39 is 0 Å². The van der Waals surface area contributed by atoms with E-state index in [2.05, 4.69) is 15.9 Å². The Bertz CT molecular complexity index is 173. The van der Waals surface area contributed by atoms with Crippen molar-refractivity contribution in [1.29, 1.82) is 0 Å². The molecule has 44 valence electrons. The Labute approximate surface area is 65.6 Å². The Morgan fingerprint density at radius 1 is 1.75 bits per heavy atom. The number of alkyl halides is 1. The van der Waals surface area contributed by atoms with Crippen LogP contribution in [-0.4, -0.2) is 0 Å². The molecule has 0 aromatic carbocycles. The molecule has 0 fully saturated rings. The predicted octanol–water partition coefficient (Wildman–Crippen LogP) is 3.30. The highest BCUT2D eigenvalue weighted by Crippen LogP contribution is 2.21. The Hall–Kier alpha value is 0.470. The van der Waals surface area contributed by atoms with Gasteiger partial charge in [0.25, 0.3) is 0 Å². The molecule has 0 saturated carbocycles. The van der Waals surface area contributed by atoms with Crippen LogP contribution in [0.15, 0.2) is 11.4 Å². The summed E-state index contributed by atoms with van der Waals surface area (Å²) in [6.07, 6.45) is 0. The fourth-order valence-corrected chi connectivity index (χ4v) is 1.86. The van der Waals surface area contributed by atoms with E-state index >= 15 is 0 Å². The van der Waals surface area contributed by atoms with E-state index in [0.717, 1.165) is 9.67 Å². The number of halogens is 2. The lowest BCUT2D eigenvalue weighted by atomic mass is 10.4. The molecule has 0 unspecified atom stereocenters. The molecule has 0 bridgehead atoms. The van der Waals surface area contributed by atoms with Crippen molar-refractivity contribution in [3.05, 3.63) is 21.3 Å². The summed E-state index contributed by atoms with van der Waals surface area (Å²) in [7, 11) is 0. The van der Waals surface area contributed by atoms with Gasteiger partial charge in [-0.2, -0.15) is 0 Å². The normalized spacial score (nSPS) is 9.75. The molecule has 0 N–H and O–H groups in total. The quantitative estimate of drug-likeness (QED) is 0.625. The summed E-state index contributed by atoms with van der Waals surface area (Å²) in [4.78, 5) is 0. The maximum atomic E-state index is 5.64. The van der Waals surface area contributed by atoms with Gasteiger partial charge in [-0.3, -0.25) is 0 Å². The van der Waals surface area contributed by atoms with Crippen LogP contribution in [0.4, 0.5) is 0 Å². The van der Waals surface area contributed by atoms with Gasteiger partial charge in [0, 0.05) is 5.33 Å². The second-order valence-electron chi connectivity index (χ2n) is 1.39. The largest absolute Gasteiger partial charge is 0.132 e. The van der Waals surface area contributed by atoms with Gasteiger partial charge in [0.1, 0.15) is 0 Å². The van der Waals surface area contributed by atoms with E-state index in [9.17, 15) is 0 Å². The van der Waals surface area contributed by atoms with Gasteiger partial charge in [-0.15, -0.1) is 11.3 Å². The third-order valence-corrected chi connectivity index (χ3v) is 2.56. The van der Waals surface area contributed by atoms with Crippen molar-refractivity contribution in [2.45, 2.75) is 5.33 Å². The Morgan fingerprint density at radius 3 is 2.75 bits per heavy atom. The minimum Gasteiger partial charge on any atom is -0.132 e. The third kappa shape index (κ3) is 1.47. The SMILES string of the molecule is Clc1cc(CBr)cs1. The maximum absolute atomic E-state index is 5.64. The van der Waals surface area contributed by atoms with Crippen molar-refractivity contribution in [2.24, 2.45) is 0 Å². The maximum Gasteiger partial charge on any atom is 0.0931 e. The summed E-state index contributed by atoms with van der Waals surface area (Å²) >= 11 is 10.5. The first-order valence-electron chi connectivity index (χ1n) is 2.12. The van der Waals surface area contributed by atoms with E-state index in [1.807, 2.05) is 11.4 Å². The topological polar surface area (TPSA) is 0 Å². The van der Waals surface area contributed by atoms with Crippen LogP contribution in [0.3, 0.4) is 0 Å². The highest BCUT2D eigenvalue weighted by atomic mass is 79.9. The molecule has 8 heavy (non-hydrogen) atoms. The van der Waals surface area contributed by atoms with Gasteiger partial charge in [-0.05, 0) is 17.0 Å². The van der Waals surface area contributed by atoms with E-state index in [0.29, 0.717) is 0 Å². The fourth-order valence-electron chi connectivity index (χ4n) is 0.416. The average Bonchev–Trinajstić information content (AvgIpc) is 2.14. The summed E-state index contributed by atoms with van der Waals surface area (Å²) < 4.78 is 0.861. The minimum atomic E-state index is 0.861.